The average Bonchev–Trinajstić information content (AvgIpc) is 2.45. The summed E-state index contributed by atoms with van der Waals surface area (Å²) in [6.45, 7) is 0.624. The van der Waals surface area contributed by atoms with Gasteiger partial charge in [0.1, 0.15) is 0 Å². The standard InChI is InChI=1S/C14H19N3O2/c15-8-9-16-13(18)14(19)17-12-7-3-5-10-4-1-2-6-11(10)12/h3,5,7H,1-2,4,6,8-9,15H2,(H,16,18)(H,17,19). The van der Waals surface area contributed by atoms with Crippen LogP contribution >= 0.6 is 0 Å². The summed E-state index contributed by atoms with van der Waals surface area (Å²) >= 11 is 0. The van der Waals surface area contributed by atoms with Crippen molar-refractivity contribution in [2.24, 2.45) is 5.73 Å². The number of nitrogens with two attached hydrogens (primary N) is 1. The van der Waals surface area contributed by atoms with Crippen molar-refractivity contribution in [3.63, 3.8) is 0 Å². The molecule has 1 aliphatic carbocycles. The zero-order chi connectivity index (χ0) is 13.7. The van der Waals surface area contributed by atoms with Crippen molar-refractivity contribution in [1.82, 2.24) is 5.32 Å². The summed E-state index contributed by atoms with van der Waals surface area (Å²) in [4.78, 5) is 23.2. The fraction of sp³-hybridized carbons (Fsp3) is 0.429. The van der Waals surface area contributed by atoms with Gasteiger partial charge < -0.3 is 16.4 Å². The minimum Gasteiger partial charge on any atom is -0.347 e. The highest BCUT2D eigenvalue weighted by Crippen LogP contribution is 2.27. The van der Waals surface area contributed by atoms with E-state index in [0.29, 0.717) is 13.1 Å². The van der Waals surface area contributed by atoms with E-state index >= 15 is 0 Å². The molecule has 4 N–H and O–H groups in total. The van der Waals surface area contributed by atoms with Gasteiger partial charge in [0.05, 0.1) is 0 Å². The molecule has 0 saturated heterocycles. The number of nitrogens with one attached hydrogen (secondary N) is 2. The maximum absolute atomic E-state index is 11.7. The summed E-state index contributed by atoms with van der Waals surface area (Å²) in [6.07, 6.45) is 4.30. The zero-order valence-corrected chi connectivity index (χ0v) is 10.9. The quantitative estimate of drug-likeness (QED) is 0.696. The molecule has 19 heavy (non-hydrogen) atoms. The molecule has 1 aromatic rings. The van der Waals surface area contributed by atoms with Crippen LogP contribution in [0.1, 0.15) is 24.0 Å². The van der Waals surface area contributed by atoms with E-state index < -0.39 is 11.8 Å². The highest BCUT2D eigenvalue weighted by molar-refractivity contribution is 6.39. The van der Waals surface area contributed by atoms with Gasteiger partial charge >= 0.3 is 11.8 Å². The second-order valence-electron chi connectivity index (χ2n) is 4.65. The van der Waals surface area contributed by atoms with Crippen molar-refractivity contribution in [1.29, 1.82) is 0 Å². The van der Waals surface area contributed by atoms with E-state index in [4.69, 9.17) is 5.73 Å². The van der Waals surface area contributed by atoms with Crippen LogP contribution in [0.5, 0.6) is 0 Å². The number of fused-ring (bicyclic) bond motifs is 1. The van der Waals surface area contributed by atoms with E-state index in [1.165, 1.54) is 12.0 Å². The number of hydrogen-bond donors (Lipinski definition) is 3. The summed E-state index contributed by atoms with van der Waals surface area (Å²) in [5.41, 5.74) is 8.46. The Hall–Kier alpha value is -1.88. The Morgan fingerprint density at radius 1 is 1.16 bits per heavy atom. The normalized spacial score (nSPS) is 13.5. The Bertz CT molecular complexity index is 486. The molecule has 0 bridgehead atoms. The molecule has 5 nitrogen and oxygen atoms in total. The Kier molecular flexibility index (Phi) is 4.52. The Morgan fingerprint density at radius 3 is 2.74 bits per heavy atom. The number of anilines is 1. The summed E-state index contributed by atoms with van der Waals surface area (Å²) in [7, 11) is 0. The maximum Gasteiger partial charge on any atom is 0.313 e. The highest BCUT2D eigenvalue weighted by atomic mass is 16.2. The number of carbonyl (C=O) groups excluding carboxylic acids is 2. The molecule has 0 spiro atoms. The van der Waals surface area contributed by atoms with Crippen molar-refractivity contribution in [2.75, 3.05) is 18.4 Å². The fourth-order valence-corrected chi connectivity index (χ4v) is 2.34. The number of amides is 2. The molecule has 0 aromatic heterocycles. The lowest BCUT2D eigenvalue weighted by atomic mass is 9.90. The van der Waals surface area contributed by atoms with E-state index in [1.54, 1.807) is 0 Å². The lowest BCUT2D eigenvalue weighted by Gasteiger charge is -2.19. The first-order valence-electron chi connectivity index (χ1n) is 6.62. The van der Waals surface area contributed by atoms with E-state index in [-0.39, 0.29) is 0 Å². The molecule has 1 aliphatic rings. The van der Waals surface area contributed by atoms with Gasteiger partial charge in [0.15, 0.2) is 0 Å². The zero-order valence-electron chi connectivity index (χ0n) is 10.9. The van der Waals surface area contributed by atoms with Gasteiger partial charge in [0.25, 0.3) is 0 Å². The van der Waals surface area contributed by atoms with Gasteiger partial charge in [0, 0.05) is 18.8 Å². The molecule has 2 rings (SSSR count). The minimum atomic E-state index is -0.640. The van der Waals surface area contributed by atoms with Gasteiger partial charge in [0.2, 0.25) is 0 Å². The van der Waals surface area contributed by atoms with Crippen LogP contribution in [0.4, 0.5) is 5.69 Å². The van der Waals surface area contributed by atoms with Crippen LogP contribution in [-0.2, 0) is 22.4 Å². The fourth-order valence-electron chi connectivity index (χ4n) is 2.34. The Balaban J connectivity index is 2.07. The number of carbonyl (C=O) groups is 2. The summed E-state index contributed by atoms with van der Waals surface area (Å²) in [5, 5.41) is 5.14. The molecule has 0 atom stereocenters. The lowest BCUT2D eigenvalue weighted by Crippen LogP contribution is -2.38. The molecular formula is C14H19N3O2. The molecule has 1 aromatic carbocycles. The van der Waals surface area contributed by atoms with E-state index in [2.05, 4.69) is 16.7 Å². The van der Waals surface area contributed by atoms with E-state index in [1.807, 2.05) is 12.1 Å². The third-order valence-corrected chi connectivity index (χ3v) is 3.28. The predicted molar refractivity (Wildman–Crippen MR) is 73.8 cm³/mol. The summed E-state index contributed by atoms with van der Waals surface area (Å²) in [5.74, 6) is -1.27. The predicted octanol–water partition coefficient (Wildman–Crippen LogP) is 0.579. The molecule has 0 saturated carbocycles. The van der Waals surface area contributed by atoms with Crippen LogP contribution in [0.15, 0.2) is 18.2 Å². The first kappa shape index (κ1) is 13.5. The monoisotopic (exact) mass is 261 g/mol. The first-order valence-corrected chi connectivity index (χ1v) is 6.62. The summed E-state index contributed by atoms with van der Waals surface area (Å²) < 4.78 is 0. The maximum atomic E-state index is 11.7. The Morgan fingerprint density at radius 2 is 1.95 bits per heavy atom. The van der Waals surface area contributed by atoms with Crippen LogP contribution in [-0.4, -0.2) is 24.9 Å². The molecule has 0 fully saturated rings. The van der Waals surface area contributed by atoms with Crippen LogP contribution in [0.25, 0.3) is 0 Å². The van der Waals surface area contributed by atoms with Crippen LogP contribution in [0.3, 0.4) is 0 Å². The molecule has 0 radical (unpaired) electrons. The number of rotatable bonds is 3. The molecule has 0 aliphatic heterocycles. The van der Waals surface area contributed by atoms with Crippen molar-refractivity contribution >= 4 is 17.5 Å². The van der Waals surface area contributed by atoms with Gasteiger partial charge in [-0.15, -0.1) is 0 Å². The van der Waals surface area contributed by atoms with Gasteiger partial charge in [-0.25, -0.2) is 0 Å². The van der Waals surface area contributed by atoms with E-state index in [9.17, 15) is 9.59 Å². The largest absolute Gasteiger partial charge is 0.347 e. The summed E-state index contributed by atoms with van der Waals surface area (Å²) in [6, 6.07) is 5.84. The molecular weight excluding hydrogens is 242 g/mol. The average molecular weight is 261 g/mol. The second-order valence-corrected chi connectivity index (χ2v) is 4.65. The molecule has 0 unspecified atom stereocenters. The second kappa shape index (κ2) is 6.33. The van der Waals surface area contributed by atoms with E-state index in [0.717, 1.165) is 30.5 Å². The molecule has 0 heterocycles. The Labute approximate surface area is 112 Å². The highest BCUT2D eigenvalue weighted by Gasteiger charge is 2.17. The minimum absolute atomic E-state index is 0.305. The molecule has 102 valence electrons. The van der Waals surface area contributed by atoms with Crippen LogP contribution in [0.2, 0.25) is 0 Å². The molecule has 2 amide bonds. The lowest BCUT2D eigenvalue weighted by molar-refractivity contribution is -0.136. The molecule has 5 heteroatoms. The third kappa shape index (κ3) is 3.32. The smallest absolute Gasteiger partial charge is 0.313 e. The number of benzene rings is 1. The van der Waals surface area contributed by atoms with Crippen molar-refractivity contribution in [3.05, 3.63) is 29.3 Å². The van der Waals surface area contributed by atoms with Crippen molar-refractivity contribution in [2.45, 2.75) is 25.7 Å². The topological polar surface area (TPSA) is 84.2 Å². The first-order chi connectivity index (χ1) is 9.22. The van der Waals surface area contributed by atoms with Gasteiger partial charge in [-0.3, -0.25) is 9.59 Å². The van der Waals surface area contributed by atoms with Gasteiger partial charge in [-0.05, 0) is 42.9 Å². The van der Waals surface area contributed by atoms with Gasteiger partial charge in [-0.1, -0.05) is 12.1 Å². The van der Waals surface area contributed by atoms with Crippen LogP contribution < -0.4 is 16.4 Å². The van der Waals surface area contributed by atoms with Crippen LogP contribution in [0, 0.1) is 0 Å². The number of hydrogen-bond acceptors (Lipinski definition) is 3. The van der Waals surface area contributed by atoms with Crippen molar-refractivity contribution in [3.8, 4) is 0 Å². The third-order valence-electron chi connectivity index (χ3n) is 3.28. The SMILES string of the molecule is NCCNC(=O)C(=O)Nc1cccc2c1CCCC2. The van der Waals surface area contributed by atoms with Gasteiger partial charge in [-0.2, -0.15) is 0 Å². The van der Waals surface area contributed by atoms with Crippen molar-refractivity contribution < 1.29 is 9.59 Å². The number of aryl methyl sites for hydroxylation is 1.